The number of carbonyl (C=O) groups is 1. The molecule has 124 valence electrons. The molecule has 1 rings (SSSR count). The number of benzene rings is 1. The van der Waals surface area contributed by atoms with Crippen molar-refractivity contribution in [3.05, 3.63) is 29.8 Å². The van der Waals surface area contributed by atoms with E-state index in [1.165, 1.54) is 0 Å². The number of para-hydroxylation sites is 1. The minimum absolute atomic E-state index is 0.0630. The first-order chi connectivity index (χ1) is 10.2. The Labute approximate surface area is 133 Å². The Morgan fingerprint density at radius 3 is 2.59 bits per heavy atom. The van der Waals surface area contributed by atoms with Crippen LogP contribution in [0.4, 0.5) is 4.79 Å². The minimum Gasteiger partial charge on any atom is -0.508 e. The molecule has 1 amide bonds. The summed E-state index contributed by atoms with van der Waals surface area (Å²) in [4.78, 5) is 13.4. The van der Waals surface area contributed by atoms with Gasteiger partial charge in [-0.1, -0.05) is 18.2 Å². The predicted octanol–water partition coefficient (Wildman–Crippen LogP) is 3.30. The Morgan fingerprint density at radius 2 is 2.00 bits per heavy atom. The third-order valence-corrected chi connectivity index (χ3v) is 3.23. The van der Waals surface area contributed by atoms with Crippen LogP contribution in [0, 0.1) is 0 Å². The van der Waals surface area contributed by atoms with Crippen LogP contribution in [0.3, 0.4) is 0 Å². The van der Waals surface area contributed by atoms with E-state index in [0.29, 0.717) is 12.3 Å². The van der Waals surface area contributed by atoms with Gasteiger partial charge in [-0.25, -0.2) is 4.79 Å². The highest BCUT2D eigenvalue weighted by Gasteiger charge is 2.19. The molecule has 1 aromatic carbocycles. The zero-order valence-corrected chi connectivity index (χ0v) is 14.2. The van der Waals surface area contributed by atoms with Crippen LogP contribution in [-0.2, 0) is 4.74 Å². The Morgan fingerprint density at radius 1 is 1.36 bits per heavy atom. The zero-order valence-electron chi connectivity index (χ0n) is 14.2. The van der Waals surface area contributed by atoms with E-state index >= 15 is 0 Å². The standard InChI is InChI=1S/C17H28N2O3/c1-13(14-9-6-7-10-15(14)20)18-11-8-12-19(5)16(21)22-17(2,3)4/h6-7,9-10,13,18,20H,8,11-12H2,1-5H3. The van der Waals surface area contributed by atoms with Crippen LogP contribution < -0.4 is 5.32 Å². The van der Waals surface area contributed by atoms with Gasteiger partial charge >= 0.3 is 6.09 Å². The summed E-state index contributed by atoms with van der Waals surface area (Å²) < 4.78 is 5.30. The summed E-state index contributed by atoms with van der Waals surface area (Å²) in [6, 6.07) is 7.36. The molecule has 0 aliphatic carbocycles. The summed E-state index contributed by atoms with van der Waals surface area (Å²) in [6.45, 7) is 8.95. The highest BCUT2D eigenvalue weighted by molar-refractivity contribution is 5.67. The molecule has 2 N–H and O–H groups in total. The van der Waals surface area contributed by atoms with Gasteiger partial charge in [0, 0.05) is 25.2 Å². The van der Waals surface area contributed by atoms with Crippen LogP contribution in [0.25, 0.3) is 0 Å². The summed E-state index contributed by atoms with van der Waals surface area (Å²) >= 11 is 0. The first-order valence-electron chi connectivity index (χ1n) is 7.66. The fraction of sp³-hybridized carbons (Fsp3) is 0.588. The molecule has 0 saturated carbocycles. The summed E-state index contributed by atoms with van der Waals surface area (Å²) in [5.74, 6) is 0.299. The van der Waals surface area contributed by atoms with Crippen molar-refractivity contribution in [2.75, 3.05) is 20.1 Å². The van der Waals surface area contributed by atoms with Gasteiger partial charge in [-0.05, 0) is 46.7 Å². The Bertz CT molecular complexity index is 483. The Hall–Kier alpha value is -1.75. The molecule has 1 atom stereocenters. The van der Waals surface area contributed by atoms with E-state index in [1.54, 1.807) is 24.1 Å². The van der Waals surface area contributed by atoms with Crippen LogP contribution in [0.15, 0.2) is 24.3 Å². The van der Waals surface area contributed by atoms with Gasteiger partial charge in [0.25, 0.3) is 0 Å². The molecule has 0 aliphatic heterocycles. The average molecular weight is 308 g/mol. The number of nitrogens with zero attached hydrogens (tertiary/aromatic N) is 1. The largest absolute Gasteiger partial charge is 0.508 e. The number of phenols is 1. The highest BCUT2D eigenvalue weighted by Crippen LogP contribution is 2.22. The third-order valence-electron chi connectivity index (χ3n) is 3.23. The SMILES string of the molecule is CC(NCCCN(C)C(=O)OC(C)(C)C)c1ccccc1O. The summed E-state index contributed by atoms with van der Waals surface area (Å²) in [6.07, 6.45) is 0.509. The molecule has 0 saturated heterocycles. The Balaban J connectivity index is 2.30. The fourth-order valence-electron chi connectivity index (χ4n) is 2.03. The van der Waals surface area contributed by atoms with E-state index < -0.39 is 5.60 Å². The minimum atomic E-state index is -0.469. The maximum atomic E-state index is 11.8. The number of ether oxygens (including phenoxy) is 1. The third kappa shape index (κ3) is 6.35. The average Bonchev–Trinajstić information content (AvgIpc) is 2.41. The normalized spacial score (nSPS) is 12.8. The van der Waals surface area contributed by atoms with Crippen LogP contribution in [0.2, 0.25) is 0 Å². The smallest absolute Gasteiger partial charge is 0.410 e. The first-order valence-corrected chi connectivity index (χ1v) is 7.66. The second kappa shape index (κ2) is 8.03. The molecule has 0 bridgehead atoms. The monoisotopic (exact) mass is 308 g/mol. The maximum absolute atomic E-state index is 11.8. The second-order valence-corrected chi connectivity index (χ2v) is 6.49. The predicted molar refractivity (Wildman–Crippen MR) is 88.0 cm³/mol. The molecule has 1 aromatic rings. The van der Waals surface area contributed by atoms with Crippen molar-refractivity contribution in [1.82, 2.24) is 10.2 Å². The molecular formula is C17H28N2O3. The van der Waals surface area contributed by atoms with Gasteiger partial charge in [-0.3, -0.25) is 0 Å². The van der Waals surface area contributed by atoms with Gasteiger partial charge in [0.2, 0.25) is 0 Å². The van der Waals surface area contributed by atoms with Crippen LogP contribution >= 0.6 is 0 Å². The van der Waals surface area contributed by atoms with Gasteiger partial charge in [-0.2, -0.15) is 0 Å². The highest BCUT2D eigenvalue weighted by atomic mass is 16.6. The van der Waals surface area contributed by atoms with Crippen molar-refractivity contribution >= 4 is 6.09 Å². The lowest BCUT2D eigenvalue weighted by Crippen LogP contribution is -2.35. The number of nitrogens with one attached hydrogen (secondary N) is 1. The van der Waals surface area contributed by atoms with Gasteiger partial charge < -0.3 is 20.1 Å². The van der Waals surface area contributed by atoms with E-state index in [2.05, 4.69) is 5.32 Å². The molecule has 0 spiro atoms. The number of carbonyl (C=O) groups excluding carboxylic acids is 1. The van der Waals surface area contributed by atoms with Gasteiger partial charge in [0.15, 0.2) is 0 Å². The molecule has 0 aromatic heterocycles. The molecular weight excluding hydrogens is 280 g/mol. The van der Waals surface area contributed by atoms with Gasteiger partial charge in [-0.15, -0.1) is 0 Å². The maximum Gasteiger partial charge on any atom is 0.410 e. The lowest BCUT2D eigenvalue weighted by Gasteiger charge is -2.24. The van der Waals surface area contributed by atoms with Crippen molar-refractivity contribution in [2.24, 2.45) is 0 Å². The van der Waals surface area contributed by atoms with Crippen molar-refractivity contribution < 1.29 is 14.6 Å². The van der Waals surface area contributed by atoms with E-state index in [4.69, 9.17) is 4.74 Å². The van der Waals surface area contributed by atoms with Gasteiger partial charge in [0.1, 0.15) is 11.4 Å². The molecule has 1 unspecified atom stereocenters. The van der Waals surface area contributed by atoms with Crippen LogP contribution in [0.1, 0.15) is 45.7 Å². The molecule has 0 aliphatic rings. The van der Waals surface area contributed by atoms with Gasteiger partial charge in [0.05, 0.1) is 0 Å². The molecule has 0 fully saturated rings. The molecule has 5 heteroatoms. The zero-order chi connectivity index (χ0) is 16.8. The van der Waals surface area contributed by atoms with E-state index in [1.807, 2.05) is 39.8 Å². The topological polar surface area (TPSA) is 61.8 Å². The number of aromatic hydroxyl groups is 1. The van der Waals surface area contributed by atoms with Crippen molar-refractivity contribution in [1.29, 1.82) is 0 Å². The first kappa shape index (κ1) is 18.3. The number of phenolic OH excluding ortho intramolecular Hbond substituents is 1. The number of amides is 1. The lowest BCUT2D eigenvalue weighted by molar-refractivity contribution is 0.0297. The molecule has 0 heterocycles. The van der Waals surface area contributed by atoms with Crippen molar-refractivity contribution in [2.45, 2.75) is 45.8 Å². The molecule has 0 radical (unpaired) electrons. The van der Waals surface area contributed by atoms with E-state index in [9.17, 15) is 9.90 Å². The number of hydrogen-bond donors (Lipinski definition) is 2. The quantitative estimate of drug-likeness (QED) is 0.792. The Kier molecular flexibility index (Phi) is 6.68. The number of hydrogen-bond acceptors (Lipinski definition) is 4. The lowest BCUT2D eigenvalue weighted by atomic mass is 10.1. The van der Waals surface area contributed by atoms with Crippen LogP contribution in [0.5, 0.6) is 5.75 Å². The van der Waals surface area contributed by atoms with E-state index in [-0.39, 0.29) is 12.1 Å². The summed E-state index contributed by atoms with van der Waals surface area (Å²) in [7, 11) is 1.74. The van der Waals surface area contributed by atoms with E-state index in [0.717, 1.165) is 18.5 Å². The van der Waals surface area contributed by atoms with Crippen molar-refractivity contribution in [3.63, 3.8) is 0 Å². The van der Waals surface area contributed by atoms with Crippen molar-refractivity contribution in [3.8, 4) is 5.75 Å². The summed E-state index contributed by atoms with van der Waals surface area (Å²) in [5.41, 5.74) is 0.408. The fourth-order valence-corrected chi connectivity index (χ4v) is 2.03. The van der Waals surface area contributed by atoms with Crippen LogP contribution in [-0.4, -0.2) is 41.8 Å². The summed E-state index contributed by atoms with van der Waals surface area (Å²) in [5, 5.41) is 13.1. The number of rotatable bonds is 6. The molecule has 5 nitrogen and oxygen atoms in total. The second-order valence-electron chi connectivity index (χ2n) is 6.49. The molecule has 22 heavy (non-hydrogen) atoms.